The summed E-state index contributed by atoms with van der Waals surface area (Å²) in [6.45, 7) is 3.18. The average molecular weight is 315 g/mol. The lowest BCUT2D eigenvalue weighted by Crippen LogP contribution is -2.51. The Labute approximate surface area is 128 Å². The molecule has 0 aliphatic carbocycles. The first kappa shape index (κ1) is 21.3. The van der Waals surface area contributed by atoms with Gasteiger partial charge in [0.05, 0.1) is 0 Å². The fourth-order valence-electron chi connectivity index (χ4n) is 2.60. The number of hydrogen-bond donors (Lipinski definition) is 3. The molecule has 4 nitrogen and oxygen atoms in total. The van der Waals surface area contributed by atoms with Gasteiger partial charge in [-0.1, -0.05) is 19.8 Å². The monoisotopic (exact) mass is 314 g/mol. The molecule has 2 atom stereocenters. The van der Waals surface area contributed by atoms with Gasteiger partial charge in [0.25, 0.3) is 0 Å². The highest BCUT2D eigenvalue weighted by atomic mass is 35.5. The Hall–Kier alpha value is -0.0300. The second-order valence-electron chi connectivity index (χ2n) is 5.07. The van der Waals surface area contributed by atoms with E-state index in [4.69, 9.17) is 0 Å². The summed E-state index contributed by atoms with van der Waals surface area (Å²) in [6.07, 6.45) is 6.81. The SMILES string of the molecule is CCCCC(CC[C@@H]1CCCN1)(NC)C(=O)O.Cl.Cl. The van der Waals surface area contributed by atoms with E-state index < -0.39 is 11.5 Å². The molecule has 1 rings (SSSR count). The zero-order valence-electron chi connectivity index (χ0n) is 11.9. The van der Waals surface area contributed by atoms with Crippen LogP contribution in [0.2, 0.25) is 0 Å². The summed E-state index contributed by atoms with van der Waals surface area (Å²) in [5.74, 6) is -0.702. The molecule has 1 aliphatic rings. The molecule has 1 saturated heterocycles. The van der Waals surface area contributed by atoms with Gasteiger partial charge in [-0.2, -0.15) is 0 Å². The van der Waals surface area contributed by atoms with Crippen molar-refractivity contribution >= 4 is 30.8 Å². The Balaban J connectivity index is 0. The van der Waals surface area contributed by atoms with Gasteiger partial charge in [-0.05, 0) is 45.7 Å². The molecule has 0 bridgehead atoms. The van der Waals surface area contributed by atoms with E-state index in [1.54, 1.807) is 7.05 Å². The van der Waals surface area contributed by atoms with Crippen molar-refractivity contribution in [1.82, 2.24) is 10.6 Å². The summed E-state index contributed by atoms with van der Waals surface area (Å²) in [7, 11) is 1.77. The van der Waals surface area contributed by atoms with Crippen LogP contribution < -0.4 is 10.6 Å². The van der Waals surface area contributed by atoms with E-state index >= 15 is 0 Å². The number of carbonyl (C=O) groups is 1. The molecule has 0 spiro atoms. The molecule has 116 valence electrons. The number of nitrogens with one attached hydrogen (secondary N) is 2. The predicted molar refractivity (Wildman–Crippen MR) is 83.7 cm³/mol. The van der Waals surface area contributed by atoms with E-state index in [1.807, 2.05) is 0 Å². The Morgan fingerprint density at radius 3 is 2.53 bits per heavy atom. The zero-order chi connectivity index (χ0) is 12.7. The average Bonchev–Trinajstić information content (AvgIpc) is 2.82. The Morgan fingerprint density at radius 2 is 2.11 bits per heavy atom. The Morgan fingerprint density at radius 1 is 1.42 bits per heavy atom. The fourth-order valence-corrected chi connectivity index (χ4v) is 2.60. The van der Waals surface area contributed by atoms with Crippen LogP contribution in [0.15, 0.2) is 0 Å². The summed E-state index contributed by atoms with van der Waals surface area (Å²) in [5.41, 5.74) is -0.722. The van der Waals surface area contributed by atoms with Crippen LogP contribution in [0.25, 0.3) is 0 Å². The summed E-state index contributed by atoms with van der Waals surface area (Å²) in [5, 5.41) is 15.9. The van der Waals surface area contributed by atoms with Gasteiger partial charge in [0.15, 0.2) is 0 Å². The lowest BCUT2D eigenvalue weighted by atomic mass is 9.86. The number of likely N-dealkylation sites (N-methyl/N-ethyl adjacent to an activating group) is 1. The second kappa shape index (κ2) is 10.7. The molecule has 0 saturated carbocycles. The van der Waals surface area contributed by atoms with Crippen molar-refractivity contribution in [2.75, 3.05) is 13.6 Å². The van der Waals surface area contributed by atoms with Gasteiger partial charge in [-0.15, -0.1) is 24.8 Å². The first-order valence-corrected chi connectivity index (χ1v) is 6.80. The highest BCUT2D eigenvalue weighted by Crippen LogP contribution is 2.23. The van der Waals surface area contributed by atoms with Gasteiger partial charge < -0.3 is 15.7 Å². The number of carboxylic acids is 1. The molecule has 0 aromatic rings. The lowest BCUT2D eigenvalue weighted by Gasteiger charge is -2.30. The third-order valence-electron chi connectivity index (χ3n) is 3.93. The Kier molecular flexibility index (Phi) is 12.0. The maximum Gasteiger partial charge on any atom is 0.323 e. The third kappa shape index (κ3) is 6.30. The van der Waals surface area contributed by atoms with Crippen molar-refractivity contribution in [1.29, 1.82) is 0 Å². The van der Waals surface area contributed by atoms with Crippen LogP contribution in [0, 0.1) is 0 Å². The highest BCUT2D eigenvalue weighted by Gasteiger charge is 2.36. The van der Waals surface area contributed by atoms with Gasteiger partial charge in [-0.25, -0.2) is 0 Å². The maximum absolute atomic E-state index is 11.5. The largest absolute Gasteiger partial charge is 0.480 e. The summed E-state index contributed by atoms with van der Waals surface area (Å²) < 4.78 is 0. The van der Waals surface area contributed by atoms with Crippen LogP contribution in [-0.2, 0) is 4.79 Å². The van der Waals surface area contributed by atoms with Crippen LogP contribution in [0.3, 0.4) is 0 Å². The van der Waals surface area contributed by atoms with Gasteiger partial charge in [0.2, 0.25) is 0 Å². The summed E-state index contributed by atoms with van der Waals surface area (Å²) in [6, 6.07) is 0.517. The highest BCUT2D eigenvalue weighted by molar-refractivity contribution is 5.85. The first-order chi connectivity index (χ1) is 8.14. The summed E-state index contributed by atoms with van der Waals surface area (Å²) >= 11 is 0. The molecule has 0 amide bonds. The zero-order valence-corrected chi connectivity index (χ0v) is 13.5. The van der Waals surface area contributed by atoms with Crippen molar-refractivity contribution in [2.45, 2.75) is 63.5 Å². The molecule has 1 unspecified atom stereocenters. The molecule has 0 aromatic carbocycles. The molecular formula is C13H28Cl2N2O2. The van der Waals surface area contributed by atoms with Crippen LogP contribution >= 0.6 is 24.8 Å². The van der Waals surface area contributed by atoms with Gasteiger partial charge in [0.1, 0.15) is 5.54 Å². The molecular weight excluding hydrogens is 287 g/mol. The van der Waals surface area contributed by atoms with Crippen molar-refractivity contribution in [2.24, 2.45) is 0 Å². The molecule has 19 heavy (non-hydrogen) atoms. The van der Waals surface area contributed by atoms with Gasteiger partial charge in [0, 0.05) is 6.04 Å². The second-order valence-corrected chi connectivity index (χ2v) is 5.07. The number of hydrogen-bond acceptors (Lipinski definition) is 3. The quantitative estimate of drug-likeness (QED) is 0.644. The van der Waals surface area contributed by atoms with E-state index in [0.717, 1.165) is 38.6 Å². The van der Waals surface area contributed by atoms with Crippen LogP contribution in [-0.4, -0.2) is 36.2 Å². The van der Waals surface area contributed by atoms with Crippen molar-refractivity contribution in [3.8, 4) is 0 Å². The van der Waals surface area contributed by atoms with E-state index in [2.05, 4.69) is 17.6 Å². The first-order valence-electron chi connectivity index (χ1n) is 6.80. The van der Waals surface area contributed by atoms with Gasteiger partial charge >= 0.3 is 5.97 Å². The summed E-state index contributed by atoms with van der Waals surface area (Å²) in [4.78, 5) is 11.5. The molecule has 0 radical (unpaired) electrons. The molecule has 0 aromatic heterocycles. The van der Waals surface area contributed by atoms with Crippen molar-refractivity contribution in [3.63, 3.8) is 0 Å². The number of unbranched alkanes of at least 4 members (excludes halogenated alkanes) is 1. The third-order valence-corrected chi connectivity index (χ3v) is 3.93. The predicted octanol–water partition coefficient (Wildman–Crippen LogP) is 2.60. The topological polar surface area (TPSA) is 61.4 Å². The molecule has 6 heteroatoms. The number of halogens is 2. The standard InChI is InChI=1S/C13H26N2O2.2ClH/c1-3-4-8-13(14-2,12(16)17)9-7-11-6-5-10-15-11;;/h11,14-15H,3-10H2,1-2H3,(H,16,17);2*1H/t11-,13?;;/m0../s1. The molecule has 3 N–H and O–H groups in total. The van der Waals surface area contributed by atoms with E-state index in [9.17, 15) is 9.90 Å². The fraction of sp³-hybridized carbons (Fsp3) is 0.923. The smallest absolute Gasteiger partial charge is 0.323 e. The van der Waals surface area contributed by atoms with Crippen LogP contribution in [0.5, 0.6) is 0 Å². The lowest BCUT2D eigenvalue weighted by molar-refractivity contribution is -0.145. The minimum atomic E-state index is -0.722. The van der Waals surface area contributed by atoms with E-state index in [-0.39, 0.29) is 24.8 Å². The van der Waals surface area contributed by atoms with Crippen LogP contribution in [0.4, 0.5) is 0 Å². The normalized spacial score (nSPS) is 21.1. The number of rotatable bonds is 8. The molecule has 1 heterocycles. The van der Waals surface area contributed by atoms with E-state index in [1.165, 1.54) is 12.8 Å². The minimum Gasteiger partial charge on any atom is -0.480 e. The Bertz CT molecular complexity index is 249. The van der Waals surface area contributed by atoms with Gasteiger partial charge in [-0.3, -0.25) is 4.79 Å². The minimum absolute atomic E-state index is 0. The maximum atomic E-state index is 11.5. The number of carboxylic acid groups (broad SMARTS) is 1. The number of aliphatic carboxylic acids is 1. The van der Waals surface area contributed by atoms with Crippen LogP contribution in [0.1, 0.15) is 51.9 Å². The molecule has 1 aliphatic heterocycles. The van der Waals surface area contributed by atoms with Crippen molar-refractivity contribution in [3.05, 3.63) is 0 Å². The van der Waals surface area contributed by atoms with E-state index in [0.29, 0.717) is 6.04 Å². The van der Waals surface area contributed by atoms with Crippen molar-refractivity contribution < 1.29 is 9.90 Å². The molecule has 1 fully saturated rings.